The van der Waals surface area contributed by atoms with E-state index in [1.807, 2.05) is 28.9 Å². The predicted molar refractivity (Wildman–Crippen MR) is 124 cm³/mol. The summed E-state index contributed by atoms with van der Waals surface area (Å²) in [6.45, 7) is 4.64. The summed E-state index contributed by atoms with van der Waals surface area (Å²) in [6.07, 6.45) is 0. The van der Waals surface area contributed by atoms with Gasteiger partial charge in [-0.05, 0) is 31.5 Å². The number of hydrogen-bond donors (Lipinski definition) is 0. The molecule has 0 atom stereocenters. The Kier molecular flexibility index (Phi) is 5.92. The zero-order valence-electron chi connectivity index (χ0n) is 17.7. The van der Waals surface area contributed by atoms with Gasteiger partial charge in [-0.3, -0.25) is 4.68 Å². The van der Waals surface area contributed by atoms with Crippen molar-refractivity contribution < 1.29 is 9.53 Å². The van der Waals surface area contributed by atoms with Gasteiger partial charge in [0.05, 0.1) is 29.9 Å². The summed E-state index contributed by atoms with van der Waals surface area (Å²) in [5.74, 6) is -0.351. The fourth-order valence-electron chi connectivity index (χ4n) is 3.47. The first kappa shape index (κ1) is 20.9. The molecular weight excluding hydrogens is 408 g/mol. The highest BCUT2D eigenvalue weighted by atomic mass is 35.5. The van der Waals surface area contributed by atoms with Gasteiger partial charge in [0.25, 0.3) is 0 Å². The molecule has 4 aromatic rings. The van der Waals surface area contributed by atoms with E-state index in [9.17, 15) is 4.79 Å². The SMILES string of the molecule is COC(=O)c1ccc(Cn2nc(-c3ccc(C)cc3)c(Cl)c2-c2ccc(C)cc2)cc1. The number of benzene rings is 3. The fourth-order valence-corrected chi connectivity index (χ4v) is 3.83. The maximum absolute atomic E-state index is 11.7. The van der Waals surface area contributed by atoms with Gasteiger partial charge in [0, 0.05) is 11.1 Å². The van der Waals surface area contributed by atoms with Gasteiger partial charge < -0.3 is 4.74 Å². The van der Waals surface area contributed by atoms with Gasteiger partial charge in [0.1, 0.15) is 5.69 Å². The van der Waals surface area contributed by atoms with Gasteiger partial charge in [-0.2, -0.15) is 5.10 Å². The van der Waals surface area contributed by atoms with Gasteiger partial charge in [-0.15, -0.1) is 0 Å². The van der Waals surface area contributed by atoms with Gasteiger partial charge in [-0.1, -0.05) is 83.4 Å². The molecule has 0 saturated heterocycles. The van der Waals surface area contributed by atoms with Gasteiger partial charge in [-0.25, -0.2) is 4.79 Å². The molecule has 5 heteroatoms. The lowest BCUT2D eigenvalue weighted by Gasteiger charge is -2.09. The molecule has 0 aliphatic carbocycles. The molecule has 3 aromatic carbocycles. The van der Waals surface area contributed by atoms with E-state index >= 15 is 0 Å². The summed E-state index contributed by atoms with van der Waals surface area (Å²) in [6, 6.07) is 23.8. The third-order valence-electron chi connectivity index (χ3n) is 5.25. The molecule has 1 aromatic heterocycles. The second-order valence-electron chi connectivity index (χ2n) is 7.59. The Morgan fingerprint density at radius 1 is 0.871 bits per heavy atom. The normalized spacial score (nSPS) is 10.8. The number of carbonyl (C=O) groups is 1. The lowest BCUT2D eigenvalue weighted by molar-refractivity contribution is 0.0600. The van der Waals surface area contributed by atoms with Crippen LogP contribution in [-0.4, -0.2) is 22.9 Å². The molecule has 156 valence electrons. The number of nitrogens with zero attached hydrogens (tertiary/aromatic N) is 2. The van der Waals surface area contributed by atoms with Crippen molar-refractivity contribution in [2.75, 3.05) is 7.11 Å². The number of aryl methyl sites for hydroxylation is 2. The topological polar surface area (TPSA) is 44.1 Å². The molecule has 0 aliphatic rings. The minimum absolute atomic E-state index is 0.351. The average molecular weight is 431 g/mol. The summed E-state index contributed by atoms with van der Waals surface area (Å²) < 4.78 is 6.71. The average Bonchev–Trinajstić information content (AvgIpc) is 3.10. The van der Waals surface area contributed by atoms with E-state index in [0.717, 1.165) is 28.1 Å². The van der Waals surface area contributed by atoms with E-state index in [4.69, 9.17) is 21.4 Å². The van der Waals surface area contributed by atoms with Crippen LogP contribution in [0.4, 0.5) is 0 Å². The highest BCUT2D eigenvalue weighted by Gasteiger charge is 2.19. The molecule has 0 amide bonds. The van der Waals surface area contributed by atoms with Crippen LogP contribution in [0.15, 0.2) is 72.8 Å². The molecule has 0 saturated carbocycles. The molecule has 1 heterocycles. The molecule has 4 nitrogen and oxygen atoms in total. The second kappa shape index (κ2) is 8.78. The number of esters is 1. The Bertz CT molecular complexity index is 1210. The number of rotatable bonds is 5. The molecule has 0 unspecified atom stereocenters. The standard InChI is InChI=1S/C26H23ClN2O2/c1-17-4-10-20(11-5-17)24-23(27)25(21-12-6-18(2)7-13-21)29(28-24)16-19-8-14-22(15-9-19)26(30)31-3/h4-15H,16H2,1-3H3. The number of aromatic nitrogens is 2. The second-order valence-corrected chi connectivity index (χ2v) is 7.97. The number of halogens is 1. The Morgan fingerprint density at radius 3 is 1.97 bits per heavy atom. The van der Waals surface area contributed by atoms with E-state index in [1.165, 1.54) is 18.2 Å². The number of ether oxygens (including phenoxy) is 1. The molecule has 0 bridgehead atoms. The van der Waals surface area contributed by atoms with Crippen LogP contribution >= 0.6 is 11.6 Å². The minimum atomic E-state index is -0.351. The summed E-state index contributed by atoms with van der Waals surface area (Å²) in [4.78, 5) is 11.7. The molecule has 31 heavy (non-hydrogen) atoms. The molecule has 0 fully saturated rings. The predicted octanol–water partition coefficient (Wildman–Crippen LogP) is 6.32. The van der Waals surface area contributed by atoms with Crippen LogP contribution in [0.25, 0.3) is 22.5 Å². The van der Waals surface area contributed by atoms with Crippen LogP contribution in [0.1, 0.15) is 27.0 Å². The van der Waals surface area contributed by atoms with Crippen LogP contribution in [0.5, 0.6) is 0 Å². The van der Waals surface area contributed by atoms with Crippen molar-refractivity contribution in [2.45, 2.75) is 20.4 Å². The van der Waals surface area contributed by atoms with Crippen molar-refractivity contribution in [3.63, 3.8) is 0 Å². The largest absolute Gasteiger partial charge is 0.465 e. The number of methoxy groups -OCH3 is 1. The van der Waals surface area contributed by atoms with Crippen molar-refractivity contribution in [3.05, 3.63) is 100 Å². The van der Waals surface area contributed by atoms with Crippen molar-refractivity contribution in [2.24, 2.45) is 0 Å². The maximum atomic E-state index is 11.7. The third kappa shape index (κ3) is 4.39. The quantitative estimate of drug-likeness (QED) is 0.348. The summed E-state index contributed by atoms with van der Waals surface area (Å²) in [7, 11) is 1.38. The maximum Gasteiger partial charge on any atom is 0.337 e. The van der Waals surface area contributed by atoms with E-state index < -0.39 is 0 Å². The first-order chi connectivity index (χ1) is 15.0. The minimum Gasteiger partial charge on any atom is -0.465 e. The molecule has 4 rings (SSSR count). The van der Waals surface area contributed by atoms with Crippen LogP contribution in [0.3, 0.4) is 0 Å². The van der Waals surface area contributed by atoms with Crippen LogP contribution < -0.4 is 0 Å². The van der Waals surface area contributed by atoms with Crippen molar-refractivity contribution in [3.8, 4) is 22.5 Å². The van der Waals surface area contributed by atoms with Crippen molar-refractivity contribution in [1.82, 2.24) is 9.78 Å². The smallest absolute Gasteiger partial charge is 0.337 e. The Morgan fingerprint density at radius 2 is 1.42 bits per heavy atom. The molecule has 0 aliphatic heterocycles. The van der Waals surface area contributed by atoms with Crippen LogP contribution in [0, 0.1) is 13.8 Å². The summed E-state index contributed by atoms with van der Waals surface area (Å²) in [5.41, 5.74) is 7.50. The third-order valence-corrected chi connectivity index (χ3v) is 5.61. The summed E-state index contributed by atoms with van der Waals surface area (Å²) in [5, 5.41) is 5.49. The number of carbonyl (C=O) groups excluding carboxylic acids is 1. The van der Waals surface area contributed by atoms with E-state index in [1.54, 1.807) is 12.1 Å². The Balaban J connectivity index is 1.78. The highest BCUT2D eigenvalue weighted by Crippen LogP contribution is 2.37. The van der Waals surface area contributed by atoms with Crippen LogP contribution in [0.2, 0.25) is 5.02 Å². The van der Waals surface area contributed by atoms with Gasteiger partial charge in [0.2, 0.25) is 0 Å². The Hall–Kier alpha value is -3.37. The zero-order chi connectivity index (χ0) is 22.0. The van der Waals surface area contributed by atoms with Gasteiger partial charge >= 0.3 is 5.97 Å². The van der Waals surface area contributed by atoms with E-state index in [-0.39, 0.29) is 5.97 Å². The van der Waals surface area contributed by atoms with Gasteiger partial charge in [0.15, 0.2) is 0 Å². The first-order valence-electron chi connectivity index (χ1n) is 10.0. The molecule has 0 spiro atoms. The van der Waals surface area contributed by atoms with Crippen molar-refractivity contribution >= 4 is 17.6 Å². The lowest BCUT2D eigenvalue weighted by Crippen LogP contribution is -2.05. The monoisotopic (exact) mass is 430 g/mol. The van der Waals surface area contributed by atoms with E-state index in [2.05, 4.69) is 50.2 Å². The van der Waals surface area contributed by atoms with E-state index in [0.29, 0.717) is 17.1 Å². The molecule has 0 radical (unpaired) electrons. The number of hydrogen-bond acceptors (Lipinski definition) is 3. The molecular formula is C26H23ClN2O2. The first-order valence-corrected chi connectivity index (χ1v) is 10.4. The lowest BCUT2D eigenvalue weighted by atomic mass is 10.1. The van der Waals surface area contributed by atoms with Crippen LogP contribution in [-0.2, 0) is 11.3 Å². The highest BCUT2D eigenvalue weighted by molar-refractivity contribution is 6.35. The molecule has 0 N–H and O–H groups in total. The summed E-state index contributed by atoms with van der Waals surface area (Å²) >= 11 is 6.89. The zero-order valence-corrected chi connectivity index (χ0v) is 18.5. The fraction of sp³-hybridized carbons (Fsp3) is 0.154. The van der Waals surface area contributed by atoms with Crippen molar-refractivity contribution in [1.29, 1.82) is 0 Å². The Labute approximate surface area is 187 Å².